The van der Waals surface area contributed by atoms with Crippen LogP contribution in [0.4, 0.5) is 4.39 Å². The zero-order valence-corrected chi connectivity index (χ0v) is 17.3. The summed E-state index contributed by atoms with van der Waals surface area (Å²) in [4.78, 5) is 0. The van der Waals surface area contributed by atoms with E-state index in [1.54, 1.807) is 19.2 Å². The molecule has 0 aliphatic carbocycles. The molecule has 146 valence electrons. The van der Waals surface area contributed by atoms with Gasteiger partial charge >= 0.3 is 0 Å². The summed E-state index contributed by atoms with van der Waals surface area (Å²) in [5.41, 5.74) is 3.48. The topological polar surface area (TPSA) is 34.1 Å². The van der Waals surface area contributed by atoms with Crippen LogP contribution in [0.1, 0.15) is 35.4 Å². The van der Waals surface area contributed by atoms with E-state index in [1.165, 1.54) is 6.07 Å². The number of nitrogens with zero attached hydrogens (tertiary/aromatic N) is 2. The molecule has 5 rings (SSSR count). The first-order valence-corrected chi connectivity index (χ1v) is 10.1. The van der Waals surface area contributed by atoms with Crippen molar-refractivity contribution >= 4 is 21.6 Å². The van der Waals surface area contributed by atoms with Crippen molar-refractivity contribution in [2.75, 3.05) is 7.11 Å². The van der Waals surface area contributed by atoms with Crippen LogP contribution in [0.5, 0.6) is 11.5 Å². The Morgan fingerprint density at radius 2 is 1.86 bits per heavy atom. The third-order valence-electron chi connectivity index (χ3n) is 5.35. The first-order chi connectivity index (χ1) is 14.1. The number of ether oxygens (including phenoxy) is 2. The normalized spacial score (nSPS) is 19.8. The molecule has 2 aliphatic rings. The Hall–Kier alpha value is -2.86. The molecule has 0 aromatic heterocycles. The highest BCUT2D eigenvalue weighted by molar-refractivity contribution is 9.10. The van der Waals surface area contributed by atoms with E-state index in [-0.39, 0.29) is 11.9 Å². The molecule has 4 nitrogen and oxygen atoms in total. The van der Waals surface area contributed by atoms with E-state index in [1.807, 2.05) is 47.5 Å². The monoisotopic (exact) mass is 452 g/mol. The fourth-order valence-corrected chi connectivity index (χ4v) is 4.28. The van der Waals surface area contributed by atoms with Gasteiger partial charge in [0.05, 0.1) is 24.4 Å². The van der Waals surface area contributed by atoms with Crippen molar-refractivity contribution in [1.82, 2.24) is 5.01 Å². The number of hydrogen-bond donors (Lipinski definition) is 0. The lowest BCUT2D eigenvalue weighted by molar-refractivity contribution is -0.0212. The van der Waals surface area contributed by atoms with E-state index in [2.05, 4.69) is 22.0 Å². The highest BCUT2D eigenvalue weighted by atomic mass is 79.9. The Kier molecular flexibility index (Phi) is 4.51. The van der Waals surface area contributed by atoms with Gasteiger partial charge in [-0.3, -0.25) is 0 Å². The second-order valence-electron chi connectivity index (χ2n) is 7.05. The Morgan fingerprint density at radius 3 is 2.62 bits per heavy atom. The summed E-state index contributed by atoms with van der Waals surface area (Å²) < 4.78 is 27.1. The van der Waals surface area contributed by atoms with Crippen molar-refractivity contribution in [3.05, 3.63) is 93.7 Å². The van der Waals surface area contributed by atoms with Crippen LogP contribution >= 0.6 is 15.9 Å². The van der Waals surface area contributed by atoms with Gasteiger partial charge in [-0.2, -0.15) is 5.10 Å². The molecule has 0 bridgehead atoms. The SMILES string of the molecule is COc1ccc(C2=NN3[C@H](C2)c2cc(Br)ccc2O[C@H]3c2ccccc2F)cc1. The van der Waals surface area contributed by atoms with Crippen LogP contribution in [-0.4, -0.2) is 17.8 Å². The van der Waals surface area contributed by atoms with Crippen LogP contribution < -0.4 is 9.47 Å². The average Bonchev–Trinajstić information content (AvgIpc) is 3.20. The zero-order chi connectivity index (χ0) is 20.0. The quantitative estimate of drug-likeness (QED) is 0.500. The molecule has 0 fully saturated rings. The molecule has 0 unspecified atom stereocenters. The number of hydrazone groups is 1. The van der Waals surface area contributed by atoms with Crippen LogP contribution in [0.25, 0.3) is 0 Å². The van der Waals surface area contributed by atoms with E-state index in [4.69, 9.17) is 14.6 Å². The van der Waals surface area contributed by atoms with Gasteiger partial charge in [0.15, 0.2) is 0 Å². The molecule has 0 amide bonds. The first-order valence-electron chi connectivity index (χ1n) is 9.35. The van der Waals surface area contributed by atoms with E-state index in [0.29, 0.717) is 12.0 Å². The molecular weight excluding hydrogens is 435 g/mol. The third-order valence-corrected chi connectivity index (χ3v) is 5.84. The number of fused-ring (bicyclic) bond motifs is 3. The fraction of sp³-hybridized carbons (Fsp3) is 0.174. The van der Waals surface area contributed by atoms with Crippen LogP contribution in [-0.2, 0) is 0 Å². The number of halogens is 2. The van der Waals surface area contributed by atoms with Crippen molar-refractivity contribution in [2.45, 2.75) is 18.7 Å². The van der Waals surface area contributed by atoms with E-state index < -0.39 is 6.23 Å². The molecule has 3 aromatic rings. The van der Waals surface area contributed by atoms with Crippen LogP contribution in [0.2, 0.25) is 0 Å². The molecule has 0 spiro atoms. The summed E-state index contributed by atoms with van der Waals surface area (Å²) in [6.45, 7) is 0. The Bertz CT molecular complexity index is 1100. The van der Waals surface area contributed by atoms with E-state index >= 15 is 0 Å². The van der Waals surface area contributed by atoms with Gasteiger partial charge in [0.25, 0.3) is 0 Å². The standard InChI is InChI=1S/C23H18BrFN2O2/c1-28-16-9-6-14(7-10-16)20-13-21-18-12-15(24)8-11-22(18)29-23(27(21)26-20)17-4-2-3-5-19(17)25/h2-12,21,23H,13H2,1H3/t21-,23+/m1/s1. The van der Waals surface area contributed by atoms with Gasteiger partial charge < -0.3 is 9.47 Å². The van der Waals surface area contributed by atoms with Crippen molar-refractivity contribution in [1.29, 1.82) is 0 Å². The van der Waals surface area contributed by atoms with Crippen molar-refractivity contribution in [3.63, 3.8) is 0 Å². The van der Waals surface area contributed by atoms with Gasteiger partial charge in [-0.25, -0.2) is 9.40 Å². The molecule has 29 heavy (non-hydrogen) atoms. The molecule has 0 saturated heterocycles. The molecule has 2 heterocycles. The van der Waals surface area contributed by atoms with Crippen molar-refractivity contribution in [3.8, 4) is 11.5 Å². The summed E-state index contributed by atoms with van der Waals surface area (Å²) >= 11 is 3.55. The minimum Gasteiger partial charge on any atom is -0.497 e. The second kappa shape index (κ2) is 7.19. The maximum Gasteiger partial charge on any atom is 0.216 e. The van der Waals surface area contributed by atoms with Crippen LogP contribution in [0, 0.1) is 5.82 Å². The summed E-state index contributed by atoms with van der Waals surface area (Å²) in [5.74, 6) is 1.26. The summed E-state index contributed by atoms with van der Waals surface area (Å²) in [7, 11) is 1.65. The van der Waals surface area contributed by atoms with Gasteiger partial charge in [-0.05, 0) is 54.1 Å². The number of benzene rings is 3. The number of rotatable bonds is 3. The van der Waals surface area contributed by atoms with E-state index in [9.17, 15) is 4.39 Å². The third kappa shape index (κ3) is 3.17. The molecule has 0 saturated carbocycles. The number of methoxy groups -OCH3 is 1. The molecule has 6 heteroatoms. The van der Waals surface area contributed by atoms with Crippen LogP contribution in [0.3, 0.4) is 0 Å². The Labute approximate surface area is 176 Å². The zero-order valence-electron chi connectivity index (χ0n) is 15.7. The molecule has 0 radical (unpaired) electrons. The Balaban J connectivity index is 1.59. The highest BCUT2D eigenvalue weighted by Gasteiger charge is 2.41. The lowest BCUT2D eigenvalue weighted by Crippen LogP contribution is -2.34. The van der Waals surface area contributed by atoms with E-state index in [0.717, 1.165) is 32.8 Å². The molecule has 2 atom stereocenters. The van der Waals surface area contributed by atoms with Gasteiger partial charge in [0, 0.05) is 16.5 Å². The van der Waals surface area contributed by atoms with Gasteiger partial charge in [0.2, 0.25) is 6.23 Å². The van der Waals surface area contributed by atoms with Gasteiger partial charge in [-0.1, -0.05) is 34.1 Å². The summed E-state index contributed by atoms with van der Waals surface area (Å²) in [6.07, 6.45) is 0.0926. The van der Waals surface area contributed by atoms with Gasteiger partial charge in [-0.15, -0.1) is 0 Å². The molecule has 3 aromatic carbocycles. The molecular formula is C23H18BrFN2O2. The maximum absolute atomic E-state index is 14.6. The lowest BCUT2D eigenvalue weighted by atomic mass is 9.96. The predicted octanol–water partition coefficient (Wildman–Crippen LogP) is 5.84. The van der Waals surface area contributed by atoms with Crippen molar-refractivity contribution in [2.24, 2.45) is 5.10 Å². The average molecular weight is 453 g/mol. The largest absolute Gasteiger partial charge is 0.497 e. The summed E-state index contributed by atoms with van der Waals surface area (Å²) in [5, 5.41) is 6.75. The van der Waals surface area contributed by atoms with Crippen LogP contribution in [0.15, 0.2) is 76.3 Å². The summed E-state index contributed by atoms with van der Waals surface area (Å²) in [6, 6.07) is 20.4. The van der Waals surface area contributed by atoms with Crippen molar-refractivity contribution < 1.29 is 13.9 Å². The highest BCUT2D eigenvalue weighted by Crippen LogP contribution is 2.48. The Morgan fingerprint density at radius 1 is 1.07 bits per heavy atom. The smallest absolute Gasteiger partial charge is 0.216 e. The minimum absolute atomic E-state index is 0.0297. The van der Waals surface area contributed by atoms with Gasteiger partial charge in [0.1, 0.15) is 17.3 Å². The number of hydrogen-bond acceptors (Lipinski definition) is 4. The first kappa shape index (κ1) is 18.2. The molecule has 2 aliphatic heterocycles. The minimum atomic E-state index is -0.620. The maximum atomic E-state index is 14.6. The fourth-order valence-electron chi connectivity index (χ4n) is 3.90. The lowest BCUT2D eigenvalue weighted by Gasteiger charge is -2.38. The molecule has 0 N–H and O–H groups in total. The predicted molar refractivity (Wildman–Crippen MR) is 113 cm³/mol. The second-order valence-corrected chi connectivity index (χ2v) is 7.96.